The molecule has 0 N–H and O–H groups in total. The van der Waals surface area contributed by atoms with Crippen LogP contribution in [0.25, 0.3) is 0 Å². The standard InChI is InChI=1S/C18H20BrN3O3/c1-11-8-12(2)21-18(20-11)25-14-6-7-22(10-14)17(23)15-9-13(24-3)4-5-16(15)19/h4-5,8-9,14H,6-7,10H2,1-3H3/t14-/m0/s1. The third-order valence-electron chi connectivity index (χ3n) is 4.07. The number of aryl methyl sites for hydroxylation is 2. The Morgan fingerprint density at radius 1 is 1.24 bits per heavy atom. The summed E-state index contributed by atoms with van der Waals surface area (Å²) in [4.78, 5) is 23.2. The fourth-order valence-electron chi connectivity index (χ4n) is 2.87. The summed E-state index contributed by atoms with van der Waals surface area (Å²) >= 11 is 3.44. The molecular weight excluding hydrogens is 386 g/mol. The molecule has 132 valence electrons. The molecule has 1 saturated heterocycles. The number of rotatable bonds is 4. The molecule has 3 rings (SSSR count). The van der Waals surface area contributed by atoms with Gasteiger partial charge in [0.1, 0.15) is 11.9 Å². The van der Waals surface area contributed by atoms with Crippen molar-refractivity contribution in [2.45, 2.75) is 26.4 Å². The normalized spacial score (nSPS) is 16.8. The van der Waals surface area contributed by atoms with Gasteiger partial charge in [-0.1, -0.05) is 0 Å². The highest BCUT2D eigenvalue weighted by Gasteiger charge is 2.30. The van der Waals surface area contributed by atoms with Crippen LogP contribution in [-0.4, -0.2) is 47.1 Å². The van der Waals surface area contributed by atoms with Gasteiger partial charge >= 0.3 is 6.01 Å². The summed E-state index contributed by atoms with van der Waals surface area (Å²) in [6, 6.07) is 7.65. The lowest BCUT2D eigenvalue weighted by Crippen LogP contribution is -2.31. The van der Waals surface area contributed by atoms with Crippen LogP contribution < -0.4 is 9.47 Å². The van der Waals surface area contributed by atoms with E-state index in [1.807, 2.05) is 32.0 Å². The van der Waals surface area contributed by atoms with Gasteiger partial charge < -0.3 is 14.4 Å². The van der Waals surface area contributed by atoms with Crippen molar-refractivity contribution in [1.82, 2.24) is 14.9 Å². The Labute approximate surface area is 155 Å². The van der Waals surface area contributed by atoms with Crippen molar-refractivity contribution in [3.05, 3.63) is 45.7 Å². The molecule has 1 amide bonds. The van der Waals surface area contributed by atoms with Crippen LogP contribution >= 0.6 is 15.9 Å². The fourth-order valence-corrected chi connectivity index (χ4v) is 3.29. The number of halogens is 1. The minimum absolute atomic E-state index is 0.0433. The van der Waals surface area contributed by atoms with E-state index in [-0.39, 0.29) is 12.0 Å². The van der Waals surface area contributed by atoms with Gasteiger partial charge in [0.15, 0.2) is 0 Å². The summed E-state index contributed by atoms with van der Waals surface area (Å²) in [6.07, 6.45) is 0.651. The molecule has 0 unspecified atom stereocenters. The van der Waals surface area contributed by atoms with Crippen molar-refractivity contribution < 1.29 is 14.3 Å². The molecule has 0 aliphatic carbocycles. The van der Waals surface area contributed by atoms with Gasteiger partial charge in [0, 0.05) is 28.8 Å². The third-order valence-corrected chi connectivity index (χ3v) is 4.76. The molecule has 0 bridgehead atoms. The number of nitrogens with zero attached hydrogens (tertiary/aromatic N) is 3. The summed E-state index contributed by atoms with van der Waals surface area (Å²) in [5.41, 5.74) is 2.32. The average molecular weight is 406 g/mol. The molecule has 25 heavy (non-hydrogen) atoms. The highest BCUT2D eigenvalue weighted by atomic mass is 79.9. The Bertz CT molecular complexity index is 777. The first-order chi connectivity index (χ1) is 12.0. The maximum atomic E-state index is 12.8. The summed E-state index contributed by atoms with van der Waals surface area (Å²) < 4.78 is 11.8. The van der Waals surface area contributed by atoms with Crippen molar-refractivity contribution >= 4 is 21.8 Å². The molecule has 1 atom stereocenters. The topological polar surface area (TPSA) is 64.5 Å². The molecule has 6 nitrogen and oxygen atoms in total. The first kappa shape index (κ1) is 17.7. The molecule has 0 radical (unpaired) electrons. The maximum absolute atomic E-state index is 12.8. The van der Waals surface area contributed by atoms with Crippen LogP contribution in [0.1, 0.15) is 28.2 Å². The second kappa shape index (κ2) is 7.39. The first-order valence-electron chi connectivity index (χ1n) is 8.08. The Balaban J connectivity index is 1.69. The number of aromatic nitrogens is 2. The van der Waals surface area contributed by atoms with E-state index in [9.17, 15) is 4.79 Å². The van der Waals surface area contributed by atoms with Crippen molar-refractivity contribution in [2.24, 2.45) is 0 Å². The van der Waals surface area contributed by atoms with E-state index >= 15 is 0 Å². The van der Waals surface area contributed by atoms with E-state index in [2.05, 4.69) is 25.9 Å². The summed E-state index contributed by atoms with van der Waals surface area (Å²) in [6.45, 7) is 4.97. The largest absolute Gasteiger partial charge is 0.497 e. The average Bonchev–Trinajstić information content (AvgIpc) is 3.02. The van der Waals surface area contributed by atoms with Gasteiger partial charge in [0.25, 0.3) is 5.91 Å². The third kappa shape index (κ3) is 4.10. The van der Waals surface area contributed by atoms with Gasteiger partial charge in [-0.2, -0.15) is 0 Å². The molecule has 2 heterocycles. The smallest absolute Gasteiger partial charge is 0.317 e. The lowest BCUT2D eigenvalue weighted by molar-refractivity contribution is 0.0768. The van der Waals surface area contributed by atoms with E-state index < -0.39 is 0 Å². The zero-order valence-corrected chi connectivity index (χ0v) is 16.0. The number of carbonyl (C=O) groups excluding carboxylic acids is 1. The van der Waals surface area contributed by atoms with Crippen LogP contribution in [-0.2, 0) is 0 Å². The van der Waals surface area contributed by atoms with Crippen LogP contribution in [0.5, 0.6) is 11.8 Å². The van der Waals surface area contributed by atoms with Gasteiger partial charge in [-0.05, 0) is 54.0 Å². The minimum atomic E-state index is -0.102. The molecule has 1 aliphatic heterocycles. The van der Waals surface area contributed by atoms with Crippen LogP contribution in [0, 0.1) is 13.8 Å². The number of likely N-dealkylation sites (tertiary alicyclic amines) is 1. The lowest BCUT2D eigenvalue weighted by atomic mass is 10.2. The Hall–Kier alpha value is -2.15. The molecule has 7 heteroatoms. The Morgan fingerprint density at radius 2 is 1.96 bits per heavy atom. The second-order valence-corrected chi connectivity index (χ2v) is 6.91. The molecular formula is C18H20BrN3O3. The predicted octanol–water partition coefficient (Wildman–Crippen LogP) is 3.16. The number of amides is 1. The van der Waals surface area contributed by atoms with Crippen LogP contribution in [0.15, 0.2) is 28.7 Å². The first-order valence-corrected chi connectivity index (χ1v) is 8.87. The van der Waals surface area contributed by atoms with Gasteiger partial charge in [0.2, 0.25) is 0 Å². The van der Waals surface area contributed by atoms with Gasteiger partial charge in [0.05, 0.1) is 19.2 Å². The van der Waals surface area contributed by atoms with Crippen molar-refractivity contribution in [3.8, 4) is 11.8 Å². The summed E-state index contributed by atoms with van der Waals surface area (Å²) in [5, 5.41) is 0. The number of hydrogen-bond acceptors (Lipinski definition) is 5. The highest BCUT2D eigenvalue weighted by molar-refractivity contribution is 9.10. The summed E-state index contributed by atoms with van der Waals surface area (Å²) in [5.74, 6) is 0.611. The van der Waals surface area contributed by atoms with E-state index in [0.29, 0.717) is 30.4 Å². The van der Waals surface area contributed by atoms with Crippen LogP contribution in [0.3, 0.4) is 0 Å². The Morgan fingerprint density at radius 3 is 2.64 bits per heavy atom. The number of carbonyl (C=O) groups is 1. The highest BCUT2D eigenvalue weighted by Crippen LogP contribution is 2.26. The molecule has 2 aromatic rings. The minimum Gasteiger partial charge on any atom is -0.497 e. The zero-order chi connectivity index (χ0) is 18.0. The monoisotopic (exact) mass is 405 g/mol. The molecule has 0 saturated carbocycles. The van der Waals surface area contributed by atoms with Gasteiger partial charge in [-0.15, -0.1) is 0 Å². The lowest BCUT2D eigenvalue weighted by Gasteiger charge is -2.18. The summed E-state index contributed by atoms with van der Waals surface area (Å²) in [7, 11) is 1.58. The van der Waals surface area contributed by atoms with E-state index in [0.717, 1.165) is 22.3 Å². The van der Waals surface area contributed by atoms with Crippen molar-refractivity contribution in [1.29, 1.82) is 0 Å². The predicted molar refractivity (Wildman–Crippen MR) is 97.1 cm³/mol. The quantitative estimate of drug-likeness (QED) is 0.781. The fraction of sp³-hybridized carbons (Fsp3) is 0.389. The molecule has 0 spiro atoms. The number of ether oxygens (including phenoxy) is 2. The molecule has 1 aromatic carbocycles. The van der Waals surface area contributed by atoms with Crippen LogP contribution in [0.2, 0.25) is 0 Å². The number of hydrogen-bond donors (Lipinski definition) is 0. The van der Waals surface area contributed by atoms with Gasteiger partial charge in [-0.3, -0.25) is 4.79 Å². The van der Waals surface area contributed by atoms with E-state index in [1.165, 1.54) is 0 Å². The SMILES string of the molecule is COc1ccc(Br)c(C(=O)N2CC[C@H](Oc3nc(C)cc(C)n3)C2)c1. The van der Waals surface area contributed by atoms with Crippen LogP contribution in [0.4, 0.5) is 0 Å². The second-order valence-electron chi connectivity index (χ2n) is 6.06. The number of benzene rings is 1. The zero-order valence-electron chi connectivity index (χ0n) is 14.5. The van der Waals surface area contributed by atoms with Gasteiger partial charge in [-0.25, -0.2) is 9.97 Å². The molecule has 1 fully saturated rings. The maximum Gasteiger partial charge on any atom is 0.317 e. The van der Waals surface area contributed by atoms with E-state index in [1.54, 1.807) is 18.1 Å². The van der Waals surface area contributed by atoms with Crippen molar-refractivity contribution in [3.63, 3.8) is 0 Å². The van der Waals surface area contributed by atoms with E-state index in [4.69, 9.17) is 9.47 Å². The van der Waals surface area contributed by atoms with Crippen molar-refractivity contribution in [2.75, 3.05) is 20.2 Å². The number of methoxy groups -OCH3 is 1. The molecule has 1 aliphatic rings. The Kier molecular flexibility index (Phi) is 5.22. The molecule has 1 aromatic heterocycles.